The molecule has 98 valence electrons. The molecule has 2 rings (SSSR count). The molecule has 1 heterocycles. The lowest BCUT2D eigenvalue weighted by Crippen LogP contribution is -2.23. The minimum absolute atomic E-state index is 0.109. The van der Waals surface area contributed by atoms with Crippen LogP contribution in [0.3, 0.4) is 0 Å². The van der Waals surface area contributed by atoms with Gasteiger partial charge < -0.3 is 5.11 Å². The van der Waals surface area contributed by atoms with Gasteiger partial charge >= 0.3 is 5.97 Å². The standard InChI is InChI=1S/C13H15BrFNO2/c1-8-5-16(7-11(8)13(17)18)6-9-4-10(14)2-3-12(9)15/h2-4,8,11H,5-7H2,1H3,(H,17,18)/t8-,11-/m1/s1. The first kappa shape index (κ1) is 13.5. The first-order chi connectivity index (χ1) is 8.47. The molecule has 0 unspecified atom stereocenters. The van der Waals surface area contributed by atoms with Crippen LogP contribution in [-0.4, -0.2) is 29.1 Å². The summed E-state index contributed by atoms with van der Waals surface area (Å²) in [5.41, 5.74) is 0.600. The highest BCUT2D eigenvalue weighted by Crippen LogP contribution is 2.26. The quantitative estimate of drug-likeness (QED) is 0.932. The number of carboxylic acids is 1. The Kier molecular flexibility index (Phi) is 4.02. The summed E-state index contributed by atoms with van der Waals surface area (Å²) in [4.78, 5) is 13.0. The molecule has 0 radical (unpaired) electrons. The lowest BCUT2D eigenvalue weighted by Gasteiger charge is -2.16. The number of hydrogen-bond donors (Lipinski definition) is 1. The zero-order valence-corrected chi connectivity index (χ0v) is 11.7. The van der Waals surface area contributed by atoms with E-state index in [-0.39, 0.29) is 17.7 Å². The molecule has 1 N–H and O–H groups in total. The van der Waals surface area contributed by atoms with E-state index in [1.807, 2.05) is 11.8 Å². The van der Waals surface area contributed by atoms with Crippen molar-refractivity contribution in [2.45, 2.75) is 13.5 Å². The molecule has 0 aliphatic carbocycles. The summed E-state index contributed by atoms with van der Waals surface area (Å²) in [6.07, 6.45) is 0. The molecule has 1 aliphatic heterocycles. The van der Waals surface area contributed by atoms with Crippen molar-refractivity contribution in [2.24, 2.45) is 11.8 Å². The van der Waals surface area contributed by atoms with Gasteiger partial charge in [0, 0.05) is 29.7 Å². The molecule has 1 aromatic carbocycles. The Hall–Kier alpha value is -0.940. The Labute approximate surface area is 114 Å². The van der Waals surface area contributed by atoms with Gasteiger partial charge in [-0.05, 0) is 24.1 Å². The molecule has 1 saturated heterocycles. The van der Waals surface area contributed by atoms with Gasteiger partial charge in [0.1, 0.15) is 5.82 Å². The number of likely N-dealkylation sites (tertiary alicyclic amines) is 1. The van der Waals surface area contributed by atoms with E-state index in [2.05, 4.69) is 15.9 Å². The van der Waals surface area contributed by atoms with E-state index in [1.54, 1.807) is 12.1 Å². The fourth-order valence-electron chi connectivity index (χ4n) is 2.42. The summed E-state index contributed by atoms with van der Waals surface area (Å²) in [5, 5.41) is 9.06. The van der Waals surface area contributed by atoms with Crippen LogP contribution in [0.4, 0.5) is 4.39 Å². The molecule has 1 aliphatic rings. The summed E-state index contributed by atoms with van der Waals surface area (Å²) in [5.74, 6) is -1.25. The number of rotatable bonds is 3. The third-order valence-electron chi connectivity index (χ3n) is 3.41. The number of hydrogen-bond acceptors (Lipinski definition) is 2. The van der Waals surface area contributed by atoms with Crippen molar-refractivity contribution in [3.05, 3.63) is 34.1 Å². The van der Waals surface area contributed by atoms with E-state index < -0.39 is 5.97 Å². The first-order valence-corrected chi connectivity index (χ1v) is 6.65. The van der Waals surface area contributed by atoms with E-state index in [9.17, 15) is 9.18 Å². The Bertz CT molecular complexity index is 466. The minimum atomic E-state index is -0.764. The van der Waals surface area contributed by atoms with Crippen molar-refractivity contribution < 1.29 is 14.3 Å². The third-order valence-corrected chi connectivity index (χ3v) is 3.90. The highest BCUT2D eigenvalue weighted by molar-refractivity contribution is 9.10. The highest BCUT2D eigenvalue weighted by atomic mass is 79.9. The Balaban J connectivity index is 2.07. The summed E-state index contributed by atoms with van der Waals surface area (Å²) in [6, 6.07) is 4.83. The molecule has 2 atom stereocenters. The number of halogens is 2. The van der Waals surface area contributed by atoms with Crippen molar-refractivity contribution in [2.75, 3.05) is 13.1 Å². The first-order valence-electron chi connectivity index (χ1n) is 5.86. The molecule has 1 aromatic rings. The fraction of sp³-hybridized carbons (Fsp3) is 0.462. The smallest absolute Gasteiger partial charge is 0.308 e. The number of benzene rings is 1. The van der Waals surface area contributed by atoms with Crippen LogP contribution in [0.25, 0.3) is 0 Å². The van der Waals surface area contributed by atoms with E-state index >= 15 is 0 Å². The molecule has 0 bridgehead atoms. The molecule has 18 heavy (non-hydrogen) atoms. The van der Waals surface area contributed by atoms with Crippen LogP contribution in [-0.2, 0) is 11.3 Å². The maximum Gasteiger partial charge on any atom is 0.308 e. The largest absolute Gasteiger partial charge is 0.481 e. The Morgan fingerprint density at radius 3 is 2.89 bits per heavy atom. The van der Waals surface area contributed by atoms with E-state index in [0.717, 1.165) is 4.47 Å². The van der Waals surface area contributed by atoms with Crippen molar-refractivity contribution in [1.82, 2.24) is 4.90 Å². The number of carbonyl (C=O) groups is 1. The van der Waals surface area contributed by atoms with Gasteiger partial charge in [0.05, 0.1) is 5.92 Å². The van der Waals surface area contributed by atoms with Gasteiger partial charge in [-0.15, -0.1) is 0 Å². The monoisotopic (exact) mass is 315 g/mol. The topological polar surface area (TPSA) is 40.5 Å². The van der Waals surface area contributed by atoms with Crippen LogP contribution in [0.15, 0.2) is 22.7 Å². The number of aliphatic carboxylic acids is 1. The van der Waals surface area contributed by atoms with Crippen molar-refractivity contribution in [3.8, 4) is 0 Å². The molecule has 0 saturated carbocycles. The summed E-state index contributed by atoms with van der Waals surface area (Å²) in [7, 11) is 0. The summed E-state index contributed by atoms with van der Waals surface area (Å²) >= 11 is 3.31. The van der Waals surface area contributed by atoms with Gasteiger partial charge in [0.2, 0.25) is 0 Å². The van der Waals surface area contributed by atoms with Gasteiger partial charge in [-0.3, -0.25) is 9.69 Å². The molecule has 3 nitrogen and oxygen atoms in total. The zero-order chi connectivity index (χ0) is 13.3. The molecule has 0 aromatic heterocycles. The van der Waals surface area contributed by atoms with Gasteiger partial charge in [0.15, 0.2) is 0 Å². The average Bonchev–Trinajstić information content (AvgIpc) is 2.65. The molecule has 0 spiro atoms. The maximum atomic E-state index is 13.6. The van der Waals surface area contributed by atoms with E-state index in [1.165, 1.54) is 6.07 Å². The molecule has 5 heteroatoms. The lowest BCUT2D eigenvalue weighted by molar-refractivity contribution is -0.142. The van der Waals surface area contributed by atoms with E-state index in [4.69, 9.17) is 5.11 Å². The van der Waals surface area contributed by atoms with E-state index in [0.29, 0.717) is 25.2 Å². The van der Waals surface area contributed by atoms with Crippen LogP contribution >= 0.6 is 15.9 Å². The van der Waals surface area contributed by atoms with Crippen LogP contribution in [0.5, 0.6) is 0 Å². The van der Waals surface area contributed by atoms with Crippen LogP contribution in [0, 0.1) is 17.7 Å². The second-order valence-corrected chi connectivity index (χ2v) is 5.77. The number of carboxylic acid groups (broad SMARTS) is 1. The minimum Gasteiger partial charge on any atom is -0.481 e. The van der Waals surface area contributed by atoms with Gasteiger partial charge in [0.25, 0.3) is 0 Å². The molecule has 0 amide bonds. The summed E-state index contributed by atoms with van der Waals surface area (Å²) < 4.78 is 14.4. The van der Waals surface area contributed by atoms with Crippen molar-refractivity contribution in [3.63, 3.8) is 0 Å². The van der Waals surface area contributed by atoms with Crippen molar-refractivity contribution in [1.29, 1.82) is 0 Å². The SMILES string of the molecule is C[C@@H]1CN(Cc2cc(Br)ccc2F)C[C@H]1C(=O)O. The summed E-state index contributed by atoms with van der Waals surface area (Å²) in [6.45, 7) is 3.57. The highest BCUT2D eigenvalue weighted by Gasteiger charge is 2.34. The fourth-order valence-corrected chi connectivity index (χ4v) is 2.83. The predicted molar refractivity (Wildman–Crippen MR) is 69.7 cm³/mol. The predicted octanol–water partition coefficient (Wildman–Crippen LogP) is 2.74. The normalized spacial score (nSPS) is 24.4. The van der Waals surface area contributed by atoms with Crippen LogP contribution in [0.1, 0.15) is 12.5 Å². The van der Waals surface area contributed by atoms with Gasteiger partial charge in [-0.1, -0.05) is 22.9 Å². The Morgan fingerprint density at radius 2 is 2.28 bits per heavy atom. The van der Waals surface area contributed by atoms with Crippen LogP contribution in [0.2, 0.25) is 0 Å². The average molecular weight is 316 g/mol. The van der Waals surface area contributed by atoms with Gasteiger partial charge in [-0.2, -0.15) is 0 Å². The molecular weight excluding hydrogens is 301 g/mol. The molecule has 1 fully saturated rings. The van der Waals surface area contributed by atoms with Gasteiger partial charge in [-0.25, -0.2) is 4.39 Å². The maximum absolute atomic E-state index is 13.6. The second-order valence-electron chi connectivity index (χ2n) is 4.85. The Morgan fingerprint density at radius 1 is 1.56 bits per heavy atom. The number of nitrogens with zero attached hydrogens (tertiary/aromatic N) is 1. The second kappa shape index (κ2) is 5.36. The van der Waals surface area contributed by atoms with Crippen molar-refractivity contribution >= 4 is 21.9 Å². The zero-order valence-electron chi connectivity index (χ0n) is 10.1. The lowest BCUT2D eigenvalue weighted by atomic mass is 9.99. The third kappa shape index (κ3) is 2.90. The van der Waals surface area contributed by atoms with Crippen LogP contribution < -0.4 is 0 Å². The molecular formula is C13H15BrFNO2.